The maximum Gasteiger partial charge on any atom is 0.332 e. The molecule has 1 atom stereocenters. The van der Waals surface area contributed by atoms with E-state index in [2.05, 4.69) is 15.0 Å². The lowest BCUT2D eigenvalue weighted by Gasteiger charge is -2.35. The first-order valence-electron chi connectivity index (χ1n) is 8.45. The first-order chi connectivity index (χ1) is 12.0. The van der Waals surface area contributed by atoms with E-state index < -0.39 is 16.7 Å². The van der Waals surface area contributed by atoms with Crippen molar-refractivity contribution in [1.29, 1.82) is 0 Å². The molecule has 4 rings (SSSR count). The Morgan fingerprint density at radius 3 is 2.88 bits per heavy atom. The van der Waals surface area contributed by atoms with Crippen molar-refractivity contribution in [3.05, 3.63) is 43.1 Å². The molecule has 0 bridgehead atoms. The van der Waals surface area contributed by atoms with Gasteiger partial charge >= 0.3 is 11.1 Å². The Kier molecular flexibility index (Phi) is 4.09. The fraction of sp³-hybridized carbons (Fsp3) is 0.625. The summed E-state index contributed by atoms with van der Waals surface area (Å²) in [5.74, 6) is 0.530. The summed E-state index contributed by atoms with van der Waals surface area (Å²) < 4.78 is 8.90. The molecular weight excluding hydrogens is 342 g/mol. The van der Waals surface area contributed by atoms with Crippen molar-refractivity contribution in [3.8, 4) is 0 Å². The highest BCUT2D eigenvalue weighted by atomic mass is 32.1. The van der Waals surface area contributed by atoms with Gasteiger partial charge in [0.2, 0.25) is 0 Å². The van der Waals surface area contributed by atoms with Crippen LogP contribution in [0.1, 0.15) is 37.1 Å². The highest BCUT2D eigenvalue weighted by Gasteiger charge is 2.43. The summed E-state index contributed by atoms with van der Waals surface area (Å²) >= 11 is 1.64. The standard InChI is InChI=1S/C16H21N5O3S/c1-11(2)21-15(23)14(22)20-10-16(24-8-12(20)18-21)3-5-19(9-16)7-13-17-4-6-25-13/h4,6,11H,3,5,7-10H2,1-2H3. The van der Waals surface area contributed by atoms with Crippen LogP contribution < -0.4 is 11.1 Å². The van der Waals surface area contributed by atoms with Crippen molar-refractivity contribution >= 4 is 11.3 Å². The summed E-state index contributed by atoms with van der Waals surface area (Å²) in [6.45, 7) is 6.72. The zero-order valence-electron chi connectivity index (χ0n) is 14.3. The number of rotatable bonds is 3. The van der Waals surface area contributed by atoms with Gasteiger partial charge in [0.1, 0.15) is 17.2 Å². The van der Waals surface area contributed by atoms with Gasteiger partial charge in [-0.3, -0.25) is 19.1 Å². The molecule has 1 saturated heterocycles. The van der Waals surface area contributed by atoms with Gasteiger partial charge in [-0.15, -0.1) is 11.3 Å². The fourth-order valence-electron chi connectivity index (χ4n) is 3.56. The average molecular weight is 363 g/mol. The molecule has 25 heavy (non-hydrogen) atoms. The Morgan fingerprint density at radius 2 is 2.16 bits per heavy atom. The Bertz CT molecular complexity index is 888. The van der Waals surface area contributed by atoms with Crippen molar-refractivity contribution in [1.82, 2.24) is 24.2 Å². The molecule has 0 aromatic carbocycles. The Morgan fingerprint density at radius 1 is 1.32 bits per heavy atom. The third-order valence-electron chi connectivity index (χ3n) is 4.85. The van der Waals surface area contributed by atoms with Gasteiger partial charge < -0.3 is 4.74 Å². The molecule has 4 heterocycles. The topological polar surface area (TPSA) is 82.3 Å². The number of nitrogens with zero attached hydrogens (tertiary/aromatic N) is 5. The van der Waals surface area contributed by atoms with Gasteiger partial charge in [-0.1, -0.05) is 0 Å². The van der Waals surface area contributed by atoms with Crippen molar-refractivity contribution < 1.29 is 4.74 Å². The number of fused-ring (bicyclic) bond motifs is 1. The van der Waals surface area contributed by atoms with Crippen molar-refractivity contribution in [3.63, 3.8) is 0 Å². The van der Waals surface area contributed by atoms with Crippen molar-refractivity contribution in [2.75, 3.05) is 13.1 Å². The van der Waals surface area contributed by atoms with E-state index in [1.54, 1.807) is 11.3 Å². The highest BCUT2D eigenvalue weighted by molar-refractivity contribution is 7.09. The van der Waals surface area contributed by atoms with Gasteiger partial charge in [0.15, 0.2) is 5.82 Å². The first kappa shape index (κ1) is 16.6. The molecule has 8 nitrogen and oxygen atoms in total. The monoisotopic (exact) mass is 363 g/mol. The van der Waals surface area contributed by atoms with E-state index in [-0.39, 0.29) is 12.6 Å². The molecule has 2 aromatic rings. The van der Waals surface area contributed by atoms with Crippen molar-refractivity contribution in [2.45, 2.75) is 51.6 Å². The van der Waals surface area contributed by atoms with Crippen LogP contribution in [0.15, 0.2) is 21.2 Å². The molecule has 9 heteroatoms. The predicted octanol–water partition coefficient (Wildman–Crippen LogP) is 0.617. The van der Waals surface area contributed by atoms with Gasteiger partial charge in [-0.25, -0.2) is 9.67 Å². The number of hydrogen-bond donors (Lipinski definition) is 0. The molecule has 1 unspecified atom stereocenters. The number of likely N-dealkylation sites (tertiary alicyclic amines) is 1. The zero-order chi connectivity index (χ0) is 17.6. The molecule has 0 radical (unpaired) electrons. The molecule has 0 amide bonds. The highest BCUT2D eigenvalue weighted by Crippen LogP contribution is 2.32. The van der Waals surface area contributed by atoms with Gasteiger partial charge in [-0.05, 0) is 20.3 Å². The predicted molar refractivity (Wildman–Crippen MR) is 92.7 cm³/mol. The van der Waals surface area contributed by atoms with E-state index in [4.69, 9.17) is 4.74 Å². The molecule has 1 spiro atoms. The van der Waals surface area contributed by atoms with Crippen LogP contribution >= 0.6 is 11.3 Å². The molecular formula is C16H21N5O3S. The van der Waals surface area contributed by atoms with E-state index in [1.165, 1.54) is 9.25 Å². The van der Waals surface area contributed by atoms with E-state index in [0.717, 1.165) is 31.1 Å². The van der Waals surface area contributed by atoms with Crippen LogP contribution in [0, 0.1) is 0 Å². The van der Waals surface area contributed by atoms with Gasteiger partial charge in [-0.2, -0.15) is 5.10 Å². The molecule has 0 saturated carbocycles. The summed E-state index contributed by atoms with van der Waals surface area (Å²) in [5.41, 5.74) is -1.49. The summed E-state index contributed by atoms with van der Waals surface area (Å²) in [4.78, 5) is 31.4. The number of ether oxygens (including phenoxy) is 1. The van der Waals surface area contributed by atoms with Crippen LogP contribution in [0.4, 0.5) is 0 Å². The zero-order valence-corrected chi connectivity index (χ0v) is 15.2. The van der Waals surface area contributed by atoms with E-state index in [1.807, 2.05) is 25.4 Å². The molecule has 2 aromatic heterocycles. The van der Waals surface area contributed by atoms with Gasteiger partial charge in [0, 0.05) is 24.7 Å². The number of hydrogen-bond acceptors (Lipinski definition) is 7. The van der Waals surface area contributed by atoms with E-state index in [0.29, 0.717) is 12.4 Å². The van der Waals surface area contributed by atoms with Crippen LogP contribution in [0.5, 0.6) is 0 Å². The lowest BCUT2D eigenvalue weighted by molar-refractivity contribution is -0.0860. The second-order valence-electron chi connectivity index (χ2n) is 7.01. The maximum atomic E-state index is 12.5. The molecule has 0 aliphatic carbocycles. The van der Waals surface area contributed by atoms with Gasteiger partial charge in [0.25, 0.3) is 0 Å². The van der Waals surface area contributed by atoms with Gasteiger partial charge in [0.05, 0.1) is 19.1 Å². The largest absolute Gasteiger partial charge is 0.364 e. The number of aromatic nitrogens is 4. The smallest absolute Gasteiger partial charge is 0.332 e. The van der Waals surface area contributed by atoms with Crippen LogP contribution in [-0.2, 0) is 24.4 Å². The van der Waals surface area contributed by atoms with Crippen LogP contribution in [0.25, 0.3) is 0 Å². The molecule has 2 aliphatic rings. The Balaban J connectivity index is 1.58. The van der Waals surface area contributed by atoms with E-state index in [9.17, 15) is 9.59 Å². The second kappa shape index (κ2) is 6.15. The third-order valence-corrected chi connectivity index (χ3v) is 5.62. The first-order valence-corrected chi connectivity index (χ1v) is 9.33. The van der Waals surface area contributed by atoms with Crippen LogP contribution in [0.2, 0.25) is 0 Å². The minimum absolute atomic E-state index is 0.151. The average Bonchev–Trinajstić information content (AvgIpc) is 3.22. The summed E-state index contributed by atoms with van der Waals surface area (Å²) in [6.07, 6.45) is 2.64. The van der Waals surface area contributed by atoms with Crippen LogP contribution in [-0.4, -0.2) is 42.9 Å². The molecule has 134 valence electrons. The summed E-state index contributed by atoms with van der Waals surface area (Å²) in [5, 5.41) is 7.38. The lowest BCUT2D eigenvalue weighted by Crippen LogP contribution is -2.53. The SMILES string of the molecule is CC(C)n1nc2n(c(=O)c1=O)CC1(CCN(Cc3nccs3)C1)OC2. The number of thiazole rings is 1. The molecule has 2 aliphatic heterocycles. The summed E-state index contributed by atoms with van der Waals surface area (Å²) in [7, 11) is 0. The van der Waals surface area contributed by atoms with E-state index >= 15 is 0 Å². The lowest BCUT2D eigenvalue weighted by atomic mass is 10.0. The Hall–Kier alpha value is -1.84. The minimum atomic E-state index is -0.562. The maximum absolute atomic E-state index is 12.5. The summed E-state index contributed by atoms with van der Waals surface area (Å²) in [6, 6.07) is -0.151. The van der Waals surface area contributed by atoms with Crippen LogP contribution in [0.3, 0.4) is 0 Å². The molecule has 0 N–H and O–H groups in total. The Labute approximate surface area is 148 Å². The molecule has 1 fully saturated rings. The van der Waals surface area contributed by atoms with Crippen molar-refractivity contribution in [2.24, 2.45) is 0 Å². The minimum Gasteiger partial charge on any atom is -0.364 e. The normalized spacial score (nSPS) is 23.5. The fourth-order valence-corrected chi connectivity index (χ4v) is 4.21. The quantitative estimate of drug-likeness (QED) is 0.744. The third kappa shape index (κ3) is 2.96. The second-order valence-corrected chi connectivity index (χ2v) is 7.99.